The Morgan fingerprint density at radius 3 is 2.35 bits per heavy atom. The highest BCUT2D eigenvalue weighted by atomic mass is 32.1. The van der Waals surface area contributed by atoms with Crippen molar-refractivity contribution in [1.29, 1.82) is 0 Å². The summed E-state index contributed by atoms with van der Waals surface area (Å²) < 4.78 is 4.28. The van der Waals surface area contributed by atoms with Crippen LogP contribution >= 0.6 is 11.5 Å². The highest BCUT2D eigenvalue weighted by Crippen LogP contribution is 2.23. The van der Waals surface area contributed by atoms with Gasteiger partial charge >= 0.3 is 0 Å². The summed E-state index contributed by atoms with van der Waals surface area (Å²) in [5.41, 5.74) is 5.25. The Morgan fingerprint density at radius 1 is 1.41 bits per heavy atom. The predicted molar refractivity (Wildman–Crippen MR) is 70.1 cm³/mol. The second-order valence-electron chi connectivity index (χ2n) is 5.44. The summed E-state index contributed by atoms with van der Waals surface area (Å²) in [5, 5.41) is 3.69. The lowest BCUT2D eigenvalue weighted by Gasteiger charge is -2.18. The zero-order valence-corrected chi connectivity index (χ0v) is 11.8. The van der Waals surface area contributed by atoms with E-state index in [4.69, 9.17) is 5.73 Å². The smallest absolute Gasteiger partial charge is 0.240 e. The maximum atomic E-state index is 11.3. The van der Waals surface area contributed by atoms with Crippen molar-refractivity contribution < 1.29 is 4.79 Å². The van der Waals surface area contributed by atoms with Gasteiger partial charge in [0.1, 0.15) is 11.9 Å². The molecule has 1 amide bonds. The fourth-order valence-corrected chi connectivity index (χ4v) is 2.08. The minimum absolute atomic E-state index is 0.0868. The van der Waals surface area contributed by atoms with Crippen molar-refractivity contribution in [3.05, 3.63) is 5.82 Å². The maximum Gasteiger partial charge on any atom is 0.240 e. The van der Waals surface area contributed by atoms with E-state index in [1.165, 1.54) is 11.5 Å². The van der Waals surface area contributed by atoms with Crippen LogP contribution in [0.15, 0.2) is 0 Å². The molecular formula is C11H20N4OS. The van der Waals surface area contributed by atoms with Crippen molar-refractivity contribution in [2.45, 2.75) is 46.1 Å². The first-order chi connectivity index (χ1) is 7.71. The summed E-state index contributed by atoms with van der Waals surface area (Å²) in [5.74, 6) is 0.527. The molecule has 0 spiro atoms. The van der Waals surface area contributed by atoms with Crippen LogP contribution in [0.1, 0.15) is 40.4 Å². The van der Waals surface area contributed by atoms with E-state index in [0.29, 0.717) is 5.13 Å². The van der Waals surface area contributed by atoms with Crippen LogP contribution in [0.25, 0.3) is 0 Å². The van der Waals surface area contributed by atoms with E-state index in [-0.39, 0.29) is 17.2 Å². The fourth-order valence-electron chi connectivity index (χ4n) is 1.29. The molecule has 1 atom stereocenters. The van der Waals surface area contributed by atoms with Gasteiger partial charge in [-0.1, -0.05) is 34.6 Å². The van der Waals surface area contributed by atoms with E-state index in [2.05, 4.69) is 14.7 Å². The topological polar surface area (TPSA) is 80.9 Å². The number of anilines is 1. The average Bonchev–Trinajstić information content (AvgIpc) is 2.60. The number of carbonyl (C=O) groups is 1. The van der Waals surface area contributed by atoms with Gasteiger partial charge in [0.05, 0.1) is 0 Å². The summed E-state index contributed by atoms with van der Waals surface area (Å²) in [6, 6.07) is -0.407. The summed E-state index contributed by atoms with van der Waals surface area (Å²) >= 11 is 1.26. The number of nitrogens with two attached hydrogens (primary N) is 1. The number of aromatic nitrogens is 2. The average molecular weight is 256 g/mol. The number of rotatable bonds is 4. The molecule has 0 saturated heterocycles. The second kappa shape index (κ2) is 5.00. The number of amides is 1. The van der Waals surface area contributed by atoms with Gasteiger partial charge in [-0.15, -0.1) is 0 Å². The number of nitrogens with zero attached hydrogens (tertiary/aromatic N) is 2. The molecule has 1 aromatic rings. The molecule has 0 fully saturated rings. The molecule has 0 radical (unpaired) electrons. The maximum absolute atomic E-state index is 11.3. The molecule has 17 heavy (non-hydrogen) atoms. The number of carbonyl (C=O) groups excluding carboxylic acids is 1. The van der Waals surface area contributed by atoms with Crippen LogP contribution in [-0.4, -0.2) is 21.3 Å². The minimum atomic E-state index is -0.407. The van der Waals surface area contributed by atoms with Gasteiger partial charge in [0.15, 0.2) is 0 Å². The van der Waals surface area contributed by atoms with E-state index in [1.807, 2.05) is 34.6 Å². The first kappa shape index (κ1) is 13.9. The summed E-state index contributed by atoms with van der Waals surface area (Å²) in [6.45, 7) is 10.0. The van der Waals surface area contributed by atoms with E-state index < -0.39 is 6.04 Å². The molecule has 0 bridgehead atoms. The van der Waals surface area contributed by atoms with Crippen molar-refractivity contribution in [3.63, 3.8) is 0 Å². The molecule has 1 unspecified atom stereocenters. The molecule has 5 nitrogen and oxygen atoms in total. The van der Waals surface area contributed by atoms with Crippen molar-refractivity contribution >= 4 is 22.6 Å². The minimum Gasteiger partial charge on any atom is -0.368 e. The summed E-state index contributed by atoms with van der Waals surface area (Å²) in [6.07, 6.45) is 0. The van der Waals surface area contributed by atoms with Gasteiger partial charge in [0.25, 0.3) is 0 Å². The lowest BCUT2D eigenvalue weighted by Crippen LogP contribution is -2.39. The first-order valence-electron chi connectivity index (χ1n) is 5.62. The number of nitrogens with one attached hydrogen (secondary N) is 1. The normalized spacial score (nSPS) is 13.8. The van der Waals surface area contributed by atoms with Crippen LogP contribution in [0.5, 0.6) is 0 Å². The Hall–Kier alpha value is -1.17. The molecule has 3 N–H and O–H groups in total. The van der Waals surface area contributed by atoms with Crippen LogP contribution < -0.4 is 11.1 Å². The highest BCUT2D eigenvalue weighted by molar-refractivity contribution is 7.09. The van der Waals surface area contributed by atoms with E-state index in [1.54, 1.807) is 0 Å². The van der Waals surface area contributed by atoms with Gasteiger partial charge in [-0.05, 0) is 5.92 Å². The Bertz CT molecular complexity index is 394. The lowest BCUT2D eigenvalue weighted by molar-refractivity contribution is -0.119. The van der Waals surface area contributed by atoms with Crippen LogP contribution in [0.2, 0.25) is 0 Å². The van der Waals surface area contributed by atoms with Crippen LogP contribution in [-0.2, 0) is 10.2 Å². The van der Waals surface area contributed by atoms with Gasteiger partial charge in [-0.2, -0.15) is 4.37 Å². The van der Waals surface area contributed by atoms with Crippen molar-refractivity contribution in [2.24, 2.45) is 11.7 Å². The number of hydrogen-bond acceptors (Lipinski definition) is 5. The third-order valence-electron chi connectivity index (χ3n) is 2.35. The van der Waals surface area contributed by atoms with E-state index in [0.717, 1.165) is 5.82 Å². The van der Waals surface area contributed by atoms with Crippen molar-refractivity contribution in [2.75, 3.05) is 5.32 Å². The zero-order valence-electron chi connectivity index (χ0n) is 10.9. The quantitative estimate of drug-likeness (QED) is 0.860. The summed E-state index contributed by atoms with van der Waals surface area (Å²) in [4.78, 5) is 15.6. The largest absolute Gasteiger partial charge is 0.368 e. The van der Waals surface area contributed by atoms with E-state index in [9.17, 15) is 4.79 Å². The van der Waals surface area contributed by atoms with Crippen LogP contribution in [0.4, 0.5) is 5.13 Å². The lowest BCUT2D eigenvalue weighted by atomic mass is 9.96. The van der Waals surface area contributed by atoms with Gasteiger partial charge in [0, 0.05) is 16.9 Å². The van der Waals surface area contributed by atoms with Gasteiger partial charge < -0.3 is 11.1 Å². The molecule has 1 aromatic heterocycles. The van der Waals surface area contributed by atoms with E-state index >= 15 is 0 Å². The standard InChI is InChI=1S/C11H20N4OS/c1-6(2)7(8(12)16)13-10-14-9(15-17-10)11(3,4)5/h6-7H,1-5H3,(H2,12,16)(H,13,14,15). The van der Waals surface area contributed by atoms with Gasteiger partial charge in [-0.25, -0.2) is 4.98 Å². The van der Waals surface area contributed by atoms with Gasteiger partial charge in [-0.3, -0.25) is 4.79 Å². The molecule has 0 aliphatic heterocycles. The first-order valence-corrected chi connectivity index (χ1v) is 6.39. The molecule has 1 heterocycles. The Kier molecular flexibility index (Phi) is 4.08. The molecule has 0 saturated carbocycles. The third-order valence-corrected chi connectivity index (χ3v) is 3.00. The Balaban J connectivity index is 2.81. The number of primary amides is 1. The molecule has 96 valence electrons. The zero-order chi connectivity index (χ0) is 13.2. The predicted octanol–water partition coefficient (Wildman–Crippen LogP) is 1.76. The van der Waals surface area contributed by atoms with Crippen molar-refractivity contribution in [1.82, 2.24) is 9.36 Å². The van der Waals surface area contributed by atoms with Crippen molar-refractivity contribution in [3.8, 4) is 0 Å². The van der Waals surface area contributed by atoms with Gasteiger partial charge in [0.2, 0.25) is 11.0 Å². The van der Waals surface area contributed by atoms with Crippen LogP contribution in [0.3, 0.4) is 0 Å². The monoisotopic (exact) mass is 256 g/mol. The third kappa shape index (κ3) is 3.66. The fraction of sp³-hybridized carbons (Fsp3) is 0.727. The molecule has 0 aliphatic rings. The second-order valence-corrected chi connectivity index (χ2v) is 6.19. The summed E-state index contributed by atoms with van der Waals surface area (Å²) in [7, 11) is 0. The van der Waals surface area contributed by atoms with Crippen LogP contribution in [0, 0.1) is 5.92 Å². The molecule has 1 rings (SSSR count). The number of hydrogen-bond donors (Lipinski definition) is 2. The molecular weight excluding hydrogens is 236 g/mol. The molecule has 0 aromatic carbocycles. The molecule has 6 heteroatoms. The Morgan fingerprint density at radius 2 is 2.00 bits per heavy atom. The molecule has 0 aliphatic carbocycles. The Labute approximate surface area is 106 Å². The SMILES string of the molecule is CC(C)C(Nc1nc(C(C)(C)C)ns1)C(N)=O. The highest BCUT2D eigenvalue weighted by Gasteiger charge is 2.23.